The fourth-order valence-electron chi connectivity index (χ4n) is 2.84. The number of ether oxygens (including phenoxy) is 1. The Labute approximate surface area is 149 Å². The van der Waals surface area contributed by atoms with Crippen molar-refractivity contribution in [3.63, 3.8) is 0 Å². The van der Waals surface area contributed by atoms with Crippen LogP contribution in [0.3, 0.4) is 0 Å². The van der Waals surface area contributed by atoms with Gasteiger partial charge in [0.2, 0.25) is 17.7 Å². The van der Waals surface area contributed by atoms with Gasteiger partial charge in [0.05, 0.1) is 19.0 Å². The van der Waals surface area contributed by atoms with Crippen molar-refractivity contribution in [2.45, 2.75) is 50.8 Å². The first-order valence-corrected chi connectivity index (χ1v) is 8.28. The Balaban J connectivity index is 1.94. The quantitative estimate of drug-likeness (QED) is 0.280. The Bertz CT molecular complexity index is 599. The van der Waals surface area contributed by atoms with E-state index in [1.54, 1.807) is 6.92 Å². The van der Waals surface area contributed by atoms with Gasteiger partial charge >= 0.3 is 5.97 Å². The van der Waals surface area contributed by atoms with Gasteiger partial charge in [-0.3, -0.25) is 14.4 Å². The Hall–Kier alpha value is -2.24. The summed E-state index contributed by atoms with van der Waals surface area (Å²) in [6.45, 7) is 3.16. The number of aliphatic carboxylic acids is 1. The zero-order valence-electron chi connectivity index (χ0n) is 14.5. The summed E-state index contributed by atoms with van der Waals surface area (Å²) in [5, 5.41) is 24.4. The van der Waals surface area contributed by atoms with Crippen molar-refractivity contribution in [1.82, 2.24) is 15.5 Å². The molecule has 0 aromatic heterocycles. The first kappa shape index (κ1) is 20.1. The Morgan fingerprint density at radius 3 is 2.58 bits per heavy atom. The number of nitrogens with two attached hydrogens (primary N) is 1. The number of carboxylic acid groups (broad SMARTS) is 1. The highest BCUT2D eigenvalue weighted by Crippen LogP contribution is 2.30. The lowest BCUT2D eigenvalue weighted by atomic mass is 10.00. The Morgan fingerprint density at radius 1 is 1.42 bits per heavy atom. The fourth-order valence-corrected chi connectivity index (χ4v) is 2.84. The molecule has 0 bridgehead atoms. The van der Waals surface area contributed by atoms with Gasteiger partial charge in [0.15, 0.2) is 6.04 Å². The van der Waals surface area contributed by atoms with Gasteiger partial charge in [-0.1, -0.05) is 6.92 Å². The second-order valence-electron chi connectivity index (χ2n) is 6.63. The van der Waals surface area contributed by atoms with E-state index in [-0.39, 0.29) is 31.3 Å². The fraction of sp³-hybridized carbons (Fsp3) is 0.733. The van der Waals surface area contributed by atoms with Crippen LogP contribution in [0.5, 0.6) is 0 Å². The summed E-state index contributed by atoms with van der Waals surface area (Å²) in [5.41, 5.74) is 5.80. The van der Waals surface area contributed by atoms with Crippen molar-refractivity contribution in [2.24, 2.45) is 11.7 Å². The second-order valence-corrected chi connectivity index (χ2v) is 6.63. The number of carboxylic acids is 1. The second kappa shape index (κ2) is 7.98. The predicted molar refractivity (Wildman–Crippen MR) is 86.4 cm³/mol. The average Bonchev–Trinajstić information content (AvgIpc) is 2.92. The molecule has 6 N–H and O–H groups in total. The molecule has 2 fully saturated rings. The van der Waals surface area contributed by atoms with Crippen LogP contribution in [0.25, 0.3) is 0 Å². The molecule has 146 valence electrons. The van der Waals surface area contributed by atoms with Crippen molar-refractivity contribution in [3.8, 4) is 0 Å². The summed E-state index contributed by atoms with van der Waals surface area (Å²) in [5.74, 6) is -3.08. The molecule has 3 amide bonds. The van der Waals surface area contributed by atoms with Gasteiger partial charge < -0.3 is 36.2 Å². The molecule has 2 aliphatic heterocycles. The molecule has 0 aromatic carbocycles. The number of rotatable bonds is 8. The van der Waals surface area contributed by atoms with Crippen LogP contribution in [0.4, 0.5) is 0 Å². The van der Waals surface area contributed by atoms with E-state index in [1.165, 1.54) is 11.8 Å². The lowest BCUT2D eigenvalue weighted by molar-refractivity contribution is -0.161. The minimum Gasteiger partial charge on any atom is -0.480 e. The van der Waals surface area contributed by atoms with E-state index in [4.69, 9.17) is 10.5 Å². The number of amides is 3. The predicted octanol–water partition coefficient (Wildman–Crippen LogP) is -3.03. The first-order chi connectivity index (χ1) is 12.1. The molecule has 0 spiro atoms. The van der Waals surface area contributed by atoms with Crippen molar-refractivity contribution < 1.29 is 34.1 Å². The third kappa shape index (κ3) is 4.29. The number of β-lactam (4-membered cyclic amide) rings is 1. The molecule has 11 heteroatoms. The van der Waals surface area contributed by atoms with Crippen LogP contribution in [0.1, 0.15) is 20.3 Å². The van der Waals surface area contributed by atoms with Crippen LogP contribution in [-0.2, 0) is 23.9 Å². The van der Waals surface area contributed by atoms with Crippen LogP contribution in [0.2, 0.25) is 0 Å². The van der Waals surface area contributed by atoms with E-state index in [0.717, 1.165) is 0 Å². The van der Waals surface area contributed by atoms with Crippen molar-refractivity contribution in [1.29, 1.82) is 0 Å². The number of carbonyl (C=O) groups excluding carboxylic acids is 3. The maximum atomic E-state index is 12.2. The largest absolute Gasteiger partial charge is 0.480 e. The molecule has 11 nitrogen and oxygen atoms in total. The Morgan fingerprint density at radius 2 is 2.08 bits per heavy atom. The molecule has 0 radical (unpaired) electrons. The minimum absolute atomic E-state index is 0.0648. The van der Waals surface area contributed by atoms with Gasteiger partial charge in [-0.05, 0) is 5.92 Å². The maximum Gasteiger partial charge on any atom is 0.329 e. The molecule has 0 aromatic rings. The molecule has 26 heavy (non-hydrogen) atoms. The van der Waals surface area contributed by atoms with Crippen molar-refractivity contribution >= 4 is 23.7 Å². The summed E-state index contributed by atoms with van der Waals surface area (Å²) >= 11 is 0. The number of aliphatic hydroxyl groups is 1. The molecule has 2 aliphatic rings. The van der Waals surface area contributed by atoms with Gasteiger partial charge in [-0.2, -0.15) is 0 Å². The van der Waals surface area contributed by atoms with E-state index in [2.05, 4.69) is 10.6 Å². The van der Waals surface area contributed by atoms with Crippen molar-refractivity contribution in [3.05, 3.63) is 0 Å². The van der Waals surface area contributed by atoms with Crippen molar-refractivity contribution in [2.75, 3.05) is 13.1 Å². The normalized spacial score (nSPS) is 26.2. The molecule has 4 unspecified atom stereocenters. The molecule has 0 aliphatic carbocycles. The number of fused-ring (bicyclic) bond motifs is 1. The molecule has 2 heterocycles. The van der Waals surface area contributed by atoms with Gasteiger partial charge in [-0.25, -0.2) is 4.79 Å². The van der Waals surface area contributed by atoms with E-state index in [1.807, 2.05) is 0 Å². The summed E-state index contributed by atoms with van der Waals surface area (Å²) in [4.78, 5) is 47.4. The first-order valence-electron chi connectivity index (χ1n) is 8.28. The van der Waals surface area contributed by atoms with Crippen LogP contribution in [-0.4, -0.2) is 82.4 Å². The van der Waals surface area contributed by atoms with Crippen LogP contribution >= 0.6 is 0 Å². The topological polar surface area (TPSA) is 171 Å². The smallest absolute Gasteiger partial charge is 0.329 e. The Kier molecular flexibility index (Phi) is 6.16. The standard InChI is InChI=1S/C15H24N4O7/c1-6(4-17-7(2)20)11(16)14(23)18-12(15(24)25)13(22)8-5-19-9(21)3-10(19)26-8/h6,8,10-13,22H,3-5,16H2,1-2H3,(H,17,20)(H,18,23)(H,24,25)/t6?,8-,10+,11?,12?,13?/m1/s1. The van der Waals surface area contributed by atoms with Crippen LogP contribution < -0.4 is 16.4 Å². The van der Waals surface area contributed by atoms with Crippen LogP contribution in [0, 0.1) is 5.92 Å². The summed E-state index contributed by atoms with van der Waals surface area (Å²) in [6.07, 6.45) is -2.72. The van der Waals surface area contributed by atoms with Crippen LogP contribution in [0.15, 0.2) is 0 Å². The monoisotopic (exact) mass is 372 g/mol. The molecule has 0 saturated carbocycles. The molecule has 6 atom stereocenters. The third-order valence-electron chi connectivity index (χ3n) is 4.60. The molecule has 2 saturated heterocycles. The van der Waals surface area contributed by atoms with Gasteiger partial charge in [0.25, 0.3) is 0 Å². The highest BCUT2D eigenvalue weighted by molar-refractivity contribution is 5.87. The number of nitrogens with zero attached hydrogens (tertiary/aromatic N) is 1. The highest BCUT2D eigenvalue weighted by atomic mass is 16.5. The number of nitrogens with one attached hydrogen (secondary N) is 2. The zero-order chi connectivity index (χ0) is 19.6. The van der Waals surface area contributed by atoms with E-state index in [0.29, 0.717) is 0 Å². The minimum atomic E-state index is -1.64. The van der Waals surface area contributed by atoms with E-state index in [9.17, 15) is 29.4 Å². The lowest BCUT2D eigenvalue weighted by Gasteiger charge is -2.31. The third-order valence-corrected chi connectivity index (χ3v) is 4.60. The lowest BCUT2D eigenvalue weighted by Crippen LogP contribution is -2.58. The van der Waals surface area contributed by atoms with Gasteiger partial charge in [-0.15, -0.1) is 0 Å². The summed E-state index contributed by atoms with van der Waals surface area (Å²) < 4.78 is 5.44. The maximum absolute atomic E-state index is 12.2. The van der Waals surface area contributed by atoms with Gasteiger partial charge in [0.1, 0.15) is 18.4 Å². The van der Waals surface area contributed by atoms with E-state index < -0.39 is 48.3 Å². The van der Waals surface area contributed by atoms with E-state index >= 15 is 0 Å². The summed E-state index contributed by atoms with van der Waals surface area (Å²) in [7, 11) is 0. The summed E-state index contributed by atoms with van der Waals surface area (Å²) in [6, 6.07) is -2.72. The van der Waals surface area contributed by atoms with Gasteiger partial charge in [0, 0.05) is 13.5 Å². The molecule has 2 rings (SSSR count). The highest BCUT2D eigenvalue weighted by Gasteiger charge is 2.49. The molecular formula is C15H24N4O7. The zero-order valence-corrected chi connectivity index (χ0v) is 14.5. The SMILES string of the molecule is CC(=O)NCC(C)C(N)C(=O)NC(C(=O)O)C(O)[C@H]1CN2C(=O)C[C@@H]2O1. The number of hydrogen-bond acceptors (Lipinski definition) is 7. The number of carbonyl (C=O) groups is 4. The molecular weight excluding hydrogens is 348 g/mol. The number of aliphatic hydroxyl groups excluding tert-OH is 1. The number of hydrogen-bond donors (Lipinski definition) is 5. The average molecular weight is 372 g/mol.